The third kappa shape index (κ3) is 3.07. The molecule has 0 aliphatic carbocycles. The standard InChI is InChI=1S/C22H24N6O/c1-15-23-18-6-4-16(12-19(18)24-15)20-13-22(29)28-14-17(5-7-21(28)26(20)3)27-10-8-25(2)9-11-27/h4-7,12-14H,8-11H2,1-3H3/p+1. The average Bonchev–Trinajstić information content (AvgIpc) is 3.10. The highest BCUT2D eigenvalue weighted by molar-refractivity contribution is 5.80. The van der Waals surface area contributed by atoms with Crippen LogP contribution in [-0.4, -0.2) is 52.5 Å². The number of aromatic nitrogens is 4. The summed E-state index contributed by atoms with van der Waals surface area (Å²) in [7, 11) is 4.15. The zero-order chi connectivity index (χ0) is 20.1. The Kier molecular flexibility index (Phi) is 4.13. The maximum atomic E-state index is 13.0. The Morgan fingerprint density at radius 2 is 1.86 bits per heavy atom. The molecule has 0 atom stereocenters. The number of nitrogens with one attached hydrogen (secondary N) is 1. The number of pyridine rings is 1. The van der Waals surface area contributed by atoms with Crippen LogP contribution in [0.15, 0.2) is 47.4 Å². The van der Waals surface area contributed by atoms with Gasteiger partial charge in [-0.3, -0.25) is 0 Å². The number of piperazine rings is 1. The van der Waals surface area contributed by atoms with E-state index in [1.165, 1.54) is 0 Å². The van der Waals surface area contributed by atoms with Crippen LogP contribution in [0.4, 0.5) is 5.69 Å². The van der Waals surface area contributed by atoms with Crippen LogP contribution in [0.2, 0.25) is 0 Å². The number of hydrogen-bond donors (Lipinski definition) is 1. The van der Waals surface area contributed by atoms with Crippen molar-refractivity contribution in [1.29, 1.82) is 0 Å². The van der Waals surface area contributed by atoms with E-state index < -0.39 is 0 Å². The van der Waals surface area contributed by atoms with Crippen LogP contribution < -0.4 is 15.0 Å². The fourth-order valence-corrected chi connectivity index (χ4v) is 4.16. The lowest BCUT2D eigenvalue weighted by molar-refractivity contribution is -0.637. The maximum Gasteiger partial charge on any atom is 0.342 e. The molecule has 0 radical (unpaired) electrons. The van der Waals surface area contributed by atoms with Gasteiger partial charge in [-0.15, -0.1) is 0 Å². The van der Waals surface area contributed by atoms with Crippen molar-refractivity contribution >= 4 is 22.4 Å². The van der Waals surface area contributed by atoms with Crippen molar-refractivity contribution in [3.8, 4) is 11.3 Å². The van der Waals surface area contributed by atoms with E-state index in [1.54, 1.807) is 10.5 Å². The van der Waals surface area contributed by atoms with Gasteiger partial charge in [0.1, 0.15) is 17.7 Å². The lowest BCUT2D eigenvalue weighted by Crippen LogP contribution is -2.45. The molecule has 1 saturated heterocycles. The molecule has 0 saturated carbocycles. The highest BCUT2D eigenvalue weighted by atomic mass is 16.1. The molecule has 1 aliphatic rings. The SMILES string of the molecule is Cc1nc2ccc(-c3cc(=O)n4cc(N5CCN(C)CC5)ccc4[n+]3C)cc2[nH]1. The zero-order valence-electron chi connectivity index (χ0n) is 17.0. The predicted molar refractivity (Wildman–Crippen MR) is 114 cm³/mol. The lowest BCUT2D eigenvalue weighted by atomic mass is 10.1. The van der Waals surface area contributed by atoms with E-state index >= 15 is 0 Å². The summed E-state index contributed by atoms with van der Waals surface area (Å²) in [6, 6.07) is 11.9. The Balaban J connectivity index is 1.60. The number of anilines is 1. The molecule has 29 heavy (non-hydrogen) atoms. The van der Waals surface area contributed by atoms with Gasteiger partial charge in [-0.05, 0) is 38.2 Å². The van der Waals surface area contributed by atoms with E-state index in [9.17, 15) is 4.79 Å². The molecular formula is C22H25N6O+. The molecule has 4 aromatic rings. The number of rotatable bonds is 2. The minimum atomic E-state index is -0.0232. The number of nitrogens with zero attached hydrogens (tertiary/aromatic N) is 5. The second kappa shape index (κ2) is 6.70. The van der Waals surface area contributed by atoms with E-state index in [0.29, 0.717) is 0 Å². The van der Waals surface area contributed by atoms with Gasteiger partial charge in [0.25, 0.3) is 5.65 Å². The van der Waals surface area contributed by atoms with Crippen molar-refractivity contribution in [2.45, 2.75) is 6.92 Å². The number of H-pyrrole nitrogens is 1. The first kappa shape index (κ1) is 17.9. The Morgan fingerprint density at radius 1 is 1.07 bits per heavy atom. The summed E-state index contributed by atoms with van der Waals surface area (Å²) >= 11 is 0. The van der Waals surface area contributed by atoms with Crippen LogP contribution in [0.5, 0.6) is 0 Å². The molecule has 1 aromatic carbocycles. The average molecular weight is 389 g/mol. The maximum absolute atomic E-state index is 13.0. The molecule has 4 heterocycles. The number of aryl methyl sites for hydroxylation is 2. The number of likely N-dealkylation sites (N-methyl/N-ethyl adjacent to an activating group) is 1. The summed E-state index contributed by atoms with van der Waals surface area (Å²) < 4.78 is 3.82. The van der Waals surface area contributed by atoms with Gasteiger partial charge in [-0.1, -0.05) is 0 Å². The molecule has 148 valence electrons. The van der Waals surface area contributed by atoms with Gasteiger partial charge in [0.15, 0.2) is 0 Å². The first-order chi connectivity index (χ1) is 14.0. The minimum absolute atomic E-state index is 0.0232. The number of fused-ring (bicyclic) bond motifs is 2. The fraction of sp³-hybridized carbons (Fsp3) is 0.318. The van der Waals surface area contributed by atoms with E-state index in [0.717, 1.165) is 65.6 Å². The van der Waals surface area contributed by atoms with Crippen molar-refractivity contribution in [3.63, 3.8) is 0 Å². The monoisotopic (exact) mass is 389 g/mol. The van der Waals surface area contributed by atoms with Crippen molar-refractivity contribution in [1.82, 2.24) is 19.3 Å². The van der Waals surface area contributed by atoms with Crippen molar-refractivity contribution in [2.24, 2.45) is 7.05 Å². The van der Waals surface area contributed by atoms with Crippen LogP contribution >= 0.6 is 0 Å². The molecule has 0 bridgehead atoms. The second-order valence-corrected chi connectivity index (χ2v) is 7.89. The van der Waals surface area contributed by atoms with Crippen LogP contribution in [0, 0.1) is 6.92 Å². The topological polar surface area (TPSA) is 60.5 Å². The highest BCUT2D eigenvalue weighted by Gasteiger charge is 2.20. The largest absolute Gasteiger partial charge is 0.366 e. The van der Waals surface area contributed by atoms with Crippen LogP contribution in [-0.2, 0) is 7.05 Å². The van der Waals surface area contributed by atoms with Gasteiger partial charge >= 0.3 is 5.56 Å². The summed E-state index contributed by atoms with van der Waals surface area (Å²) in [5, 5.41) is 0. The molecule has 1 aliphatic heterocycles. The summed E-state index contributed by atoms with van der Waals surface area (Å²) in [6.45, 7) is 5.97. The number of benzene rings is 1. The molecule has 3 aromatic heterocycles. The molecule has 1 N–H and O–H groups in total. The first-order valence-corrected chi connectivity index (χ1v) is 9.95. The molecule has 7 heteroatoms. The van der Waals surface area contributed by atoms with Crippen LogP contribution in [0.3, 0.4) is 0 Å². The van der Waals surface area contributed by atoms with Crippen molar-refractivity contribution in [2.75, 3.05) is 38.1 Å². The molecule has 0 unspecified atom stereocenters. The van der Waals surface area contributed by atoms with Gasteiger partial charge < -0.3 is 14.8 Å². The van der Waals surface area contributed by atoms with Gasteiger partial charge in [0.2, 0.25) is 0 Å². The smallest absolute Gasteiger partial charge is 0.342 e. The summed E-state index contributed by atoms with van der Waals surface area (Å²) in [5.41, 5.74) is 5.72. The predicted octanol–water partition coefficient (Wildman–Crippen LogP) is 1.73. The summed E-state index contributed by atoms with van der Waals surface area (Å²) in [6.07, 6.45) is 1.97. The Labute approximate surface area is 168 Å². The highest BCUT2D eigenvalue weighted by Crippen LogP contribution is 2.21. The number of aromatic amines is 1. The lowest BCUT2D eigenvalue weighted by Gasteiger charge is -2.33. The zero-order valence-corrected chi connectivity index (χ0v) is 17.0. The summed E-state index contributed by atoms with van der Waals surface area (Å²) in [5.74, 6) is 0.886. The number of imidazole rings is 1. The Morgan fingerprint density at radius 3 is 2.66 bits per heavy atom. The van der Waals surface area contributed by atoms with Gasteiger partial charge in [0.05, 0.1) is 29.8 Å². The van der Waals surface area contributed by atoms with Crippen molar-refractivity contribution in [3.05, 3.63) is 58.8 Å². The van der Waals surface area contributed by atoms with E-state index in [1.807, 2.05) is 38.4 Å². The normalized spacial score (nSPS) is 15.5. The Bertz CT molecular complexity index is 1280. The van der Waals surface area contributed by atoms with E-state index in [2.05, 4.69) is 43.5 Å². The first-order valence-electron chi connectivity index (χ1n) is 9.95. The molecule has 1 fully saturated rings. The third-order valence-electron chi connectivity index (χ3n) is 5.88. The number of hydrogen-bond acceptors (Lipinski definition) is 4. The molecule has 5 rings (SSSR count). The van der Waals surface area contributed by atoms with Crippen LogP contribution in [0.1, 0.15) is 5.82 Å². The van der Waals surface area contributed by atoms with Crippen molar-refractivity contribution < 1.29 is 4.57 Å². The van der Waals surface area contributed by atoms with E-state index in [4.69, 9.17) is 0 Å². The fourth-order valence-electron chi connectivity index (χ4n) is 4.16. The minimum Gasteiger partial charge on any atom is -0.366 e. The molecular weight excluding hydrogens is 364 g/mol. The van der Waals surface area contributed by atoms with Gasteiger partial charge in [0, 0.05) is 37.8 Å². The quantitative estimate of drug-likeness (QED) is 0.531. The third-order valence-corrected chi connectivity index (χ3v) is 5.88. The Hall–Kier alpha value is -3.19. The van der Waals surface area contributed by atoms with Gasteiger partial charge in [-0.2, -0.15) is 4.40 Å². The molecule has 7 nitrogen and oxygen atoms in total. The van der Waals surface area contributed by atoms with Gasteiger partial charge in [-0.25, -0.2) is 14.3 Å². The van der Waals surface area contributed by atoms with Crippen LogP contribution in [0.25, 0.3) is 27.9 Å². The second-order valence-electron chi connectivity index (χ2n) is 7.89. The summed E-state index contributed by atoms with van der Waals surface area (Å²) in [4.78, 5) is 25.4. The molecule has 0 spiro atoms. The molecule has 0 amide bonds. The van der Waals surface area contributed by atoms with E-state index in [-0.39, 0.29) is 5.56 Å².